The molecule has 0 saturated heterocycles. The molecule has 0 radical (unpaired) electrons. The molecule has 212 valence electrons. The number of hydrogen-bond donors (Lipinski definition) is 2. The van der Waals surface area contributed by atoms with Crippen LogP contribution in [0.4, 0.5) is 5.69 Å². The van der Waals surface area contributed by atoms with Gasteiger partial charge in [0.2, 0.25) is 0 Å². The molecule has 9 nitrogen and oxygen atoms in total. The number of anilines is 1. The first kappa shape index (κ1) is 29.2. The highest BCUT2D eigenvalue weighted by Crippen LogP contribution is 2.29. The van der Waals surface area contributed by atoms with Gasteiger partial charge in [-0.15, -0.1) is 0 Å². The van der Waals surface area contributed by atoms with E-state index < -0.39 is 15.9 Å². The van der Waals surface area contributed by atoms with Crippen LogP contribution in [0.2, 0.25) is 0 Å². The van der Waals surface area contributed by atoms with Gasteiger partial charge in [-0.25, -0.2) is 13.8 Å². The highest BCUT2D eigenvalue weighted by molar-refractivity contribution is 7.92. The molecule has 0 aromatic heterocycles. The summed E-state index contributed by atoms with van der Waals surface area (Å²) in [6.07, 6.45) is 1.50. The van der Waals surface area contributed by atoms with Gasteiger partial charge in [0, 0.05) is 11.3 Å². The highest BCUT2D eigenvalue weighted by Gasteiger charge is 2.15. The predicted molar refractivity (Wildman–Crippen MR) is 158 cm³/mol. The molecule has 0 atom stereocenters. The zero-order chi connectivity index (χ0) is 29.1. The van der Waals surface area contributed by atoms with Crippen LogP contribution in [0.3, 0.4) is 0 Å². The molecule has 0 unspecified atom stereocenters. The van der Waals surface area contributed by atoms with E-state index in [-0.39, 0.29) is 4.90 Å². The van der Waals surface area contributed by atoms with Crippen LogP contribution >= 0.6 is 0 Å². The Morgan fingerprint density at radius 1 is 0.805 bits per heavy atom. The maximum atomic E-state index is 12.7. The van der Waals surface area contributed by atoms with Crippen LogP contribution in [0, 0.1) is 0 Å². The van der Waals surface area contributed by atoms with Gasteiger partial charge < -0.3 is 14.2 Å². The zero-order valence-electron chi connectivity index (χ0n) is 22.7. The average molecular weight is 574 g/mol. The lowest BCUT2D eigenvalue weighted by atomic mass is 10.2. The summed E-state index contributed by atoms with van der Waals surface area (Å²) in [4.78, 5) is 12.7. The monoisotopic (exact) mass is 573 g/mol. The van der Waals surface area contributed by atoms with E-state index in [2.05, 4.69) is 15.2 Å². The van der Waals surface area contributed by atoms with E-state index in [0.717, 1.165) is 5.56 Å². The van der Waals surface area contributed by atoms with Crippen molar-refractivity contribution in [3.8, 4) is 17.2 Å². The van der Waals surface area contributed by atoms with Gasteiger partial charge in [0.15, 0.2) is 11.5 Å². The van der Waals surface area contributed by atoms with Gasteiger partial charge in [0.25, 0.3) is 15.9 Å². The van der Waals surface area contributed by atoms with E-state index in [9.17, 15) is 13.2 Å². The summed E-state index contributed by atoms with van der Waals surface area (Å²) in [7, 11) is -3.80. The standard InChI is InChI=1S/C31H31N3O6S/c1-3-38-27-15-17-28(18-16-27)41(36,37)34-26-13-11-25(12-14-26)31(35)33-32-21-24-10-19-29(30(20-24)39-4-2)40-22-23-8-6-5-7-9-23/h5-21,34H,3-4,22H2,1-2H3,(H,33,35)/b32-21+. The van der Waals surface area contributed by atoms with Gasteiger partial charge in [-0.2, -0.15) is 5.10 Å². The molecular weight excluding hydrogens is 542 g/mol. The van der Waals surface area contributed by atoms with E-state index >= 15 is 0 Å². The third-order valence-corrected chi connectivity index (χ3v) is 7.13. The lowest BCUT2D eigenvalue weighted by molar-refractivity contribution is 0.0955. The summed E-state index contributed by atoms with van der Waals surface area (Å²) in [6, 6.07) is 27.4. The Bertz CT molecular complexity index is 1570. The van der Waals surface area contributed by atoms with E-state index in [0.29, 0.717) is 53.9 Å². The third-order valence-electron chi connectivity index (χ3n) is 5.73. The molecule has 2 N–H and O–H groups in total. The van der Waals surface area contributed by atoms with Crippen molar-refractivity contribution in [3.05, 3.63) is 114 Å². The number of carbonyl (C=O) groups is 1. The number of amides is 1. The molecule has 0 aliphatic heterocycles. The van der Waals surface area contributed by atoms with Crippen LogP contribution in [0.1, 0.15) is 35.3 Å². The van der Waals surface area contributed by atoms with E-state index in [1.807, 2.05) is 50.2 Å². The Balaban J connectivity index is 1.34. The van der Waals surface area contributed by atoms with Crippen LogP contribution < -0.4 is 24.4 Å². The minimum atomic E-state index is -3.80. The summed E-state index contributed by atoms with van der Waals surface area (Å²) in [5.41, 5.74) is 4.86. The van der Waals surface area contributed by atoms with Crippen molar-refractivity contribution in [3.63, 3.8) is 0 Å². The van der Waals surface area contributed by atoms with Crippen molar-refractivity contribution in [2.24, 2.45) is 5.10 Å². The molecule has 0 spiro atoms. The molecule has 1 amide bonds. The van der Waals surface area contributed by atoms with E-state index in [4.69, 9.17) is 14.2 Å². The first-order valence-electron chi connectivity index (χ1n) is 13.0. The lowest BCUT2D eigenvalue weighted by Crippen LogP contribution is -2.18. The fourth-order valence-corrected chi connectivity index (χ4v) is 4.80. The second kappa shape index (κ2) is 14.0. The largest absolute Gasteiger partial charge is 0.494 e. The van der Waals surface area contributed by atoms with Gasteiger partial charge in [0.05, 0.1) is 24.3 Å². The fourth-order valence-electron chi connectivity index (χ4n) is 3.74. The summed E-state index contributed by atoms with van der Waals surface area (Å²) < 4.78 is 44.9. The molecule has 0 bridgehead atoms. The Kier molecular flexibility index (Phi) is 9.95. The Morgan fingerprint density at radius 3 is 2.20 bits per heavy atom. The van der Waals surface area contributed by atoms with Crippen molar-refractivity contribution in [1.82, 2.24) is 5.43 Å². The lowest BCUT2D eigenvalue weighted by Gasteiger charge is -2.12. The Morgan fingerprint density at radius 2 is 1.51 bits per heavy atom. The summed E-state index contributed by atoms with van der Waals surface area (Å²) in [5, 5.41) is 4.04. The second-order valence-electron chi connectivity index (χ2n) is 8.70. The molecule has 0 aliphatic rings. The van der Waals surface area contributed by atoms with Gasteiger partial charge in [0.1, 0.15) is 12.4 Å². The van der Waals surface area contributed by atoms with Gasteiger partial charge in [-0.05, 0) is 91.7 Å². The molecule has 0 saturated carbocycles. The fraction of sp³-hybridized carbons (Fsp3) is 0.161. The number of sulfonamides is 1. The van der Waals surface area contributed by atoms with Crippen LogP contribution in [-0.4, -0.2) is 33.8 Å². The molecule has 0 heterocycles. The van der Waals surface area contributed by atoms with E-state index in [1.165, 1.54) is 42.6 Å². The first-order valence-corrected chi connectivity index (χ1v) is 14.5. The Hall–Kier alpha value is -4.83. The number of carbonyl (C=O) groups excluding carboxylic acids is 1. The van der Waals surface area contributed by atoms with Crippen LogP contribution in [-0.2, 0) is 16.6 Å². The topological polar surface area (TPSA) is 115 Å². The number of benzene rings is 4. The summed E-state index contributed by atoms with van der Waals surface area (Å²) in [6.45, 7) is 5.10. The normalized spacial score (nSPS) is 11.2. The number of nitrogens with zero attached hydrogens (tertiary/aromatic N) is 1. The molecule has 4 aromatic rings. The van der Waals surface area contributed by atoms with Crippen LogP contribution in [0.5, 0.6) is 17.2 Å². The smallest absolute Gasteiger partial charge is 0.271 e. The molecule has 4 rings (SSSR count). The van der Waals surface area contributed by atoms with Crippen molar-refractivity contribution >= 4 is 27.8 Å². The first-order chi connectivity index (χ1) is 19.9. The summed E-state index contributed by atoms with van der Waals surface area (Å²) in [5.74, 6) is 1.32. The molecule has 10 heteroatoms. The number of ether oxygens (including phenoxy) is 3. The molecule has 0 fully saturated rings. The highest BCUT2D eigenvalue weighted by atomic mass is 32.2. The Labute approximate surface area is 239 Å². The maximum Gasteiger partial charge on any atom is 0.271 e. The van der Waals surface area contributed by atoms with Gasteiger partial charge in [-0.3, -0.25) is 9.52 Å². The number of hydrogen-bond acceptors (Lipinski definition) is 7. The molecule has 41 heavy (non-hydrogen) atoms. The summed E-state index contributed by atoms with van der Waals surface area (Å²) >= 11 is 0. The predicted octanol–water partition coefficient (Wildman–Crippen LogP) is 5.63. The third kappa shape index (κ3) is 8.33. The number of hydrazone groups is 1. The van der Waals surface area contributed by atoms with Gasteiger partial charge >= 0.3 is 0 Å². The van der Waals surface area contributed by atoms with Gasteiger partial charge in [-0.1, -0.05) is 30.3 Å². The number of nitrogens with one attached hydrogen (secondary N) is 2. The van der Waals surface area contributed by atoms with Crippen molar-refractivity contribution in [2.45, 2.75) is 25.3 Å². The van der Waals surface area contributed by atoms with Crippen LogP contribution in [0.25, 0.3) is 0 Å². The van der Waals surface area contributed by atoms with Crippen molar-refractivity contribution < 1.29 is 27.4 Å². The van der Waals surface area contributed by atoms with E-state index in [1.54, 1.807) is 24.3 Å². The maximum absolute atomic E-state index is 12.7. The molecule has 4 aromatic carbocycles. The van der Waals surface area contributed by atoms with Crippen LogP contribution in [0.15, 0.2) is 107 Å². The molecule has 0 aliphatic carbocycles. The SMILES string of the molecule is CCOc1ccc(S(=O)(=O)Nc2ccc(C(=O)N/N=C/c3ccc(OCc4ccccc4)c(OCC)c3)cc2)cc1. The quantitative estimate of drug-likeness (QED) is 0.158. The second-order valence-corrected chi connectivity index (χ2v) is 10.4. The average Bonchev–Trinajstić information content (AvgIpc) is 2.98. The minimum Gasteiger partial charge on any atom is -0.494 e. The van der Waals surface area contributed by atoms with Crippen molar-refractivity contribution in [1.29, 1.82) is 0 Å². The minimum absolute atomic E-state index is 0.0976. The zero-order valence-corrected chi connectivity index (χ0v) is 23.6. The van der Waals surface area contributed by atoms with Crippen molar-refractivity contribution in [2.75, 3.05) is 17.9 Å². The number of rotatable bonds is 13. The molecular formula is C31H31N3O6S.